The van der Waals surface area contributed by atoms with Crippen LogP contribution in [0.5, 0.6) is 5.75 Å². The van der Waals surface area contributed by atoms with E-state index in [0.717, 1.165) is 6.07 Å². The van der Waals surface area contributed by atoms with Crippen LogP contribution in [0, 0.1) is 11.6 Å². The molecule has 1 atom stereocenters. The van der Waals surface area contributed by atoms with Gasteiger partial charge in [0.15, 0.2) is 11.6 Å². The van der Waals surface area contributed by atoms with Gasteiger partial charge in [-0.25, -0.2) is 13.6 Å². The molecule has 106 valence electrons. The van der Waals surface area contributed by atoms with Gasteiger partial charge in [-0.1, -0.05) is 0 Å². The Morgan fingerprint density at radius 1 is 1.50 bits per heavy atom. The number of benzene rings is 1. The number of aromatic carboxylic acids is 1. The Labute approximate surface area is 113 Å². The van der Waals surface area contributed by atoms with Gasteiger partial charge in [-0.3, -0.25) is 0 Å². The third kappa shape index (κ3) is 2.51. The second kappa shape index (κ2) is 5.20. The largest absolute Gasteiger partial charge is 0.535 e. The molecule has 1 aliphatic heterocycles. The van der Waals surface area contributed by atoms with Crippen molar-refractivity contribution in [2.24, 2.45) is 0 Å². The lowest BCUT2D eigenvalue weighted by Crippen LogP contribution is -2.36. The van der Waals surface area contributed by atoms with Crippen molar-refractivity contribution in [2.45, 2.75) is 25.6 Å². The molecule has 20 heavy (non-hydrogen) atoms. The maximum absolute atomic E-state index is 13.5. The Bertz CT molecular complexity index is 590. The molecular weight excluding hydrogens is 273 g/mol. The van der Waals surface area contributed by atoms with Gasteiger partial charge in [-0.15, -0.1) is 0 Å². The van der Waals surface area contributed by atoms with Crippen LogP contribution in [-0.4, -0.2) is 29.0 Å². The lowest BCUT2D eigenvalue weighted by atomic mass is 9.64. The van der Waals surface area contributed by atoms with Crippen molar-refractivity contribution in [2.75, 3.05) is 0 Å². The summed E-state index contributed by atoms with van der Waals surface area (Å²) >= 11 is 0. The SMILES string of the molecule is CC(=O)C[C@H]1Cc2cc(F)c(F)c(C(=O)O)c2OB1O. The molecule has 0 saturated carbocycles. The van der Waals surface area contributed by atoms with Gasteiger partial charge in [0.1, 0.15) is 17.1 Å². The van der Waals surface area contributed by atoms with Gasteiger partial charge >= 0.3 is 13.1 Å². The Hall–Kier alpha value is -1.96. The summed E-state index contributed by atoms with van der Waals surface area (Å²) in [6, 6.07) is 0.829. The minimum atomic E-state index is -1.68. The molecule has 0 spiro atoms. The molecule has 5 nitrogen and oxygen atoms in total. The molecule has 0 saturated heterocycles. The van der Waals surface area contributed by atoms with E-state index >= 15 is 0 Å². The molecule has 1 aliphatic rings. The second-order valence-corrected chi connectivity index (χ2v) is 4.72. The van der Waals surface area contributed by atoms with Crippen LogP contribution in [0.4, 0.5) is 8.78 Å². The first-order valence-corrected chi connectivity index (χ1v) is 5.89. The highest BCUT2D eigenvalue weighted by atomic mass is 19.2. The summed E-state index contributed by atoms with van der Waals surface area (Å²) in [4.78, 5) is 22.1. The van der Waals surface area contributed by atoms with Crippen molar-refractivity contribution in [3.63, 3.8) is 0 Å². The van der Waals surface area contributed by atoms with Crippen molar-refractivity contribution >= 4 is 18.9 Å². The molecule has 0 bridgehead atoms. The van der Waals surface area contributed by atoms with Gasteiger partial charge in [0.2, 0.25) is 0 Å². The van der Waals surface area contributed by atoms with Gasteiger partial charge in [0, 0.05) is 12.2 Å². The molecule has 0 unspecified atom stereocenters. The number of carboxylic acids is 1. The van der Waals surface area contributed by atoms with E-state index in [1.807, 2.05) is 0 Å². The zero-order chi connectivity index (χ0) is 15.0. The van der Waals surface area contributed by atoms with Crippen LogP contribution in [-0.2, 0) is 11.2 Å². The molecular formula is C12H11BF2O5. The fourth-order valence-electron chi connectivity index (χ4n) is 2.28. The number of carbonyl (C=O) groups is 2. The highest BCUT2D eigenvalue weighted by Gasteiger charge is 2.39. The minimum Gasteiger partial charge on any atom is -0.535 e. The summed E-state index contributed by atoms with van der Waals surface area (Å²) in [7, 11) is -1.44. The van der Waals surface area contributed by atoms with Crippen molar-refractivity contribution in [1.29, 1.82) is 0 Å². The Kier molecular flexibility index (Phi) is 3.76. The fourth-order valence-corrected chi connectivity index (χ4v) is 2.28. The third-order valence-electron chi connectivity index (χ3n) is 3.14. The number of ketones is 1. The summed E-state index contributed by atoms with van der Waals surface area (Å²) in [5.41, 5.74) is -0.821. The lowest BCUT2D eigenvalue weighted by Gasteiger charge is -2.28. The van der Waals surface area contributed by atoms with Crippen molar-refractivity contribution in [1.82, 2.24) is 0 Å². The summed E-state index contributed by atoms with van der Waals surface area (Å²) in [5.74, 6) is -5.72. The normalized spacial score (nSPS) is 17.4. The lowest BCUT2D eigenvalue weighted by molar-refractivity contribution is -0.117. The van der Waals surface area contributed by atoms with E-state index in [0.29, 0.717) is 0 Å². The smallest absolute Gasteiger partial charge is 0.526 e. The summed E-state index contributed by atoms with van der Waals surface area (Å²) in [5, 5.41) is 18.7. The number of halogens is 2. The molecule has 0 aromatic heterocycles. The highest BCUT2D eigenvalue weighted by molar-refractivity contribution is 6.46. The molecule has 0 amide bonds. The van der Waals surface area contributed by atoms with Crippen molar-refractivity contribution in [3.05, 3.63) is 28.8 Å². The molecule has 1 aromatic carbocycles. The van der Waals surface area contributed by atoms with Gasteiger partial charge in [-0.05, 0) is 25.0 Å². The number of carbonyl (C=O) groups excluding carboxylic acids is 1. The van der Waals surface area contributed by atoms with Gasteiger partial charge < -0.3 is 19.6 Å². The topological polar surface area (TPSA) is 83.8 Å². The predicted octanol–water partition coefficient (Wildman–Crippen LogP) is 1.43. The van der Waals surface area contributed by atoms with Gasteiger partial charge in [0.25, 0.3) is 0 Å². The number of rotatable bonds is 3. The molecule has 2 N–H and O–H groups in total. The third-order valence-corrected chi connectivity index (χ3v) is 3.14. The predicted molar refractivity (Wildman–Crippen MR) is 64.7 cm³/mol. The summed E-state index contributed by atoms with van der Waals surface area (Å²) < 4.78 is 31.9. The molecule has 1 aromatic rings. The zero-order valence-electron chi connectivity index (χ0n) is 10.5. The molecule has 0 aliphatic carbocycles. The first-order valence-electron chi connectivity index (χ1n) is 5.89. The second-order valence-electron chi connectivity index (χ2n) is 4.72. The van der Waals surface area contributed by atoms with Crippen LogP contribution in [0.15, 0.2) is 6.07 Å². The van der Waals surface area contributed by atoms with E-state index in [1.165, 1.54) is 6.92 Å². The van der Waals surface area contributed by atoms with E-state index in [4.69, 9.17) is 9.76 Å². The number of fused-ring (bicyclic) bond motifs is 1. The number of Topliss-reactive ketones (excluding diaryl/α,β-unsaturated/α-hetero) is 1. The number of hydrogen-bond donors (Lipinski definition) is 2. The molecule has 0 radical (unpaired) electrons. The van der Waals surface area contributed by atoms with Crippen molar-refractivity contribution < 1.29 is 33.2 Å². The van der Waals surface area contributed by atoms with Crippen LogP contribution in [0.2, 0.25) is 5.82 Å². The minimum absolute atomic E-state index is 0.00199. The Morgan fingerprint density at radius 3 is 2.70 bits per heavy atom. The average molecular weight is 284 g/mol. The number of hydrogen-bond acceptors (Lipinski definition) is 4. The van der Waals surface area contributed by atoms with Crippen molar-refractivity contribution in [3.8, 4) is 5.75 Å². The van der Waals surface area contributed by atoms with Crippen LogP contribution in [0.1, 0.15) is 29.3 Å². The average Bonchev–Trinajstić information content (AvgIpc) is 2.32. The van der Waals surface area contributed by atoms with Gasteiger partial charge in [0.05, 0.1) is 0 Å². The summed E-state index contributed by atoms with van der Waals surface area (Å²) in [6.45, 7) is 1.33. The standard InChI is InChI=1S/C12H11BF2O5/c1-5(16)2-7-3-6-4-8(14)10(15)9(12(17)18)11(6)20-13(7)19/h4,7,19H,2-3H2,1H3,(H,17,18)/t7-/m0/s1. The van der Waals surface area contributed by atoms with E-state index in [-0.39, 0.29) is 29.9 Å². The molecule has 2 rings (SSSR count). The summed E-state index contributed by atoms with van der Waals surface area (Å²) in [6.07, 6.45) is 0.0373. The van der Waals surface area contributed by atoms with E-state index in [9.17, 15) is 23.4 Å². The van der Waals surface area contributed by atoms with E-state index in [2.05, 4.69) is 0 Å². The Balaban J connectivity index is 2.48. The molecule has 0 fully saturated rings. The molecule has 1 heterocycles. The monoisotopic (exact) mass is 284 g/mol. The molecule has 8 heteroatoms. The zero-order valence-corrected chi connectivity index (χ0v) is 10.5. The maximum Gasteiger partial charge on any atom is 0.526 e. The van der Waals surface area contributed by atoms with Crippen LogP contribution < -0.4 is 4.65 Å². The van der Waals surface area contributed by atoms with E-state index < -0.39 is 36.1 Å². The van der Waals surface area contributed by atoms with Crippen LogP contribution in [0.3, 0.4) is 0 Å². The highest BCUT2D eigenvalue weighted by Crippen LogP contribution is 2.38. The van der Waals surface area contributed by atoms with Crippen LogP contribution in [0.25, 0.3) is 0 Å². The Morgan fingerprint density at radius 2 is 2.15 bits per heavy atom. The van der Waals surface area contributed by atoms with E-state index in [1.54, 1.807) is 0 Å². The number of carboxylic acid groups (broad SMARTS) is 1. The fraction of sp³-hybridized carbons (Fsp3) is 0.333. The first-order chi connectivity index (χ1) is 9.31. The first kappa shape index (κ1) is 14.5. The van der Waals surface area contributed by atoms with Gasteiger partial charge in [-0.2, -0.15) is 0 Å². The maximum atomic E-state index is 13.5. The quantitative estimate of drug-likeness (QED) is 0.820. The van der Waals surface area contributed by atoms with Crippen LogP contribution >= 0.6 is 0 Å².